The van der Waals surface area contributed by atoms with Gasteiger partial charge >= 0.3 is 0 Å². The molecule has 1 fully saturated rings. The van der Waals surface area contributed by atoms with E-state index in [1.165, 1.54) is 11.3 Å². The van der Waals surface area contributed by atoms with Crippen molar-refractivity contribution >= 4 is 18.1 Å². The summed E-state index contributed by atoms with van der Waals surface area (Å²) in [4.78, 5) is 4.98. The molecule has 1 heterocycles. The molecular weight excluding hydrogens is 375 g/mol. The number of benzene rings is 2. The molecule has 3 nitrogen and oxygen atoms in total. The second-order valence-electron chi connectivity index (χ2n) is 7.62. The third kappa shape index (κ3) is 5.18. The monoisotopic (exact) mass is 404 g/mol. The molecule has 0 saturated carbocycles. The average Bonchev–Trinajstić information content (AvgIpc) is 3.16. The van der Waals surface area contributed by atoms with E-state index in [1.54, 1.807) is 6.07 Å². The van der Waals surface area contributed by atoms with Crippen LogP contribution in [-0.2, 0) is 12.8 Å². The van der Waals surface area contributed by atoms with E-state index >= 15 is 0 Å². The summed E-state index contributed by atoms with van der Waals surface area (Å²) in [5.41, 5.74) is 3.75. The molecule has 1 aliphatic heterocycles. The van der Waals surface area contributed by atoms with Crippen LogP contribution in [0.3, 0.4) is 0 Å². The standard InChI is InChI=1S/C23H29FN2O.ClH/c24-22-17-19-7-6-8-20(19)18-23(22)27-16-5-4-11-25-12-14-26(15-13-25)21-9-2-1-3-10-21;/h1-3,9-10,17-18H,4-8,11-16H2;1H. The minimum absolute atomic E-state index is 0. The van der Waals surface area contributed by atoms with Gasteiger partial charge in [-0.2, -0.15) is 0 Å². The van der Waals surface area contributed by atoms with Gasteiger partial charge in [-0.1, -0.05) is 18.2 Å². The summed E-state index contributed by atoms with van der Waals surface area (Å²) >= 11 is 0. The molecular formula is C23H30ClFN2O. The summed E-state index contributed by atoms with van der Waals surface area (Å²) in [5.74, 6) is 0.236. The zero-order valence-electron chi connectivity index (χ0n) is 16.4. The van der Waals surface area contributed by atoms with Crippen molar-refractivity contribution in [1.82, 2.24) is 4.90 Å². The van der Waals surface area contributed by atoms with Crippen LogP contribution in [0.25, 0.3) is 0 Å². The second kappa shape index (κ2) is 10.1. The molecule has 0 atom stereocenters. The number of hydrogen-bond acceptors (Lipinski definition) is 3. The predicted molar refractivity (Wildman–Crippen MR) is 115 cm³/mol. The van der Waals surface area contributed by atoms with Gasteiger partial charge in [0.05, 0.1) is 6.61 Å². The highest BCUT2D eigenvalue weighted by molar-refractivity contribution is 5.85. The quantitative estimate of drug-likeness (QED) is 0.621. The molecule has 0 bridgehead atoms. The Kier molecular flexibility index (Phi) is 7.57. The minimum Gasteiger partial charge on any atom is -0.491 e. The number of aryl methyl sites for hydroxylation is 2. The first-order valence-electron chi connectivity index (χ1n) is 10.3. The lowest BCUT2D eigenvalue weighted by atomic mass is 10.1. The number of unbranched alkanes of at least 4 members (excludes halogenated alkanes) is 1. The van der Waals surface area contributed by atoms with Gasteiger partial charge in [0.25, 0.3) is 0 Å². The van der Waals surface area contributed by atoms with Crippen LogP contribution in [0.15, 0.2) is 42.5 Å². The first kappa shape index (κ1) is 20.9. The van der Waals surface area contributed by atoms with E-state index in [1.807, 2.05) is 6.07 Å². The number of rotatable bonds is 7. The lowest BCUT2D eigenvalue weighted by Crippen LogP contribution is -2.46. The first-order valence-corrected chi connectivity index (χ1v) is 10.3. The molecule has 0 N–H and O–H groups in total. The fraction of sp³-hybridized carbons (Fsp3) is 0.478. The third-order valence-corrected chi connectivity index (χ3v) is 5.77. The highest BCUT2D eigenvalue weighted by Gasteiger charge is 2.17. The third-order valence-electron chi connectivity index (χ3n) is 5.77. The molecule has 1 saturated heterocycles. The van der Waals surface area contributed by atoms with Crippen LogP contribution in [0.1, 0.15) is 30.4 Å². The van der Waals surface area contributed by atoms with Gasteiger partial charge in [-0.25, -0.2) is 4.39 Å². The van der Waals surface area contributed by atoms with Crippen LogP contribution >= 0.6 is 12.4 Å². The Labute approximate surface area is 173 Å². The number of piperazine rings is 1. The van der Waals surface area contributed by atoms with E-state index in [2.05, 4.69) is 40.1 Å². The summed E-state index contributed by atoms with van der Waals surface area (Å²) in [7, 11) is 0. The molecule has 0 unspecified atom stereocenters. The molecule has 2 aliphatic rings. The van der Waals surface area contributed by atoms with E-state index in [-0.39, 0.29) is 18.2 Å². The minimum atomic E-state index is -0.201. The lowest BCUT2D eigenvalue weighted by molar-refractivity contribution is 0.236. The molecule has 152 valence electrons. The highest BCUT2D eigenvalue weighted by atomic mass is 35.5. The Balaban J connectivity index is 0.00000225. The number of anilines is 1. The summed E-state index contributed by atoms with van der Waals surface area (Å²) in [6.07, 6.45) is 5.26. The van der Waals surface area contributed by atoms with E-state index in [0.29, 0.717) is 12.4 Å². The Hall–Kier alpha value is -1.78. The summed E-state index contributed by atoms with van der Waals surface area (Å²) in [6, 6.07) is 14.2. The Bertz CT molecular complexity index is 748. The van der Waals surface area contributed by atoms with E-state index in [0.717, 1.165) is 70.4 Å². The van der Waals surface area contributed by atoms with Crippen LogP contribution < -0.4 is 9.64 Å². The van der Waals surface area contributed by atoms with Crippen molar-refractivity contribution in [2.24, 2.45) is 0 Å². The van der Waals surface area contributed by atoms with Gasteiger partial charge in [0.15, 0.2) is 11.6 Å². The summed E-state index contributed by atoms with van der Waals surface area (Å²) in [6.45, 7) is 6.07. The van der Waals surface area contributed by atoms with E-state index in [9.17, 15) is 4.39 Å². The normalized spacial score (nSPS) is 16.5. The number of hydrogen-bond donors (Lipinski definition) is 0. The maximum absolute atomic E-state index is 14.1. The molecule has 0 radical (unpaired) electrons. The van der Waals surface area contributed by atoms with Crippen molar-refractivity contribution in [3.63, 3.8) is 0 Å². The van der Waals surface area contributed by atoms with E-state index in [4.69, 9.17) is 4.74 Å². The number of para-hydroxylation sites is 1. The predicted octanol–water partition coefficient (Wildman–Crippen LogP) is 4.72. The molecule has 4 rings (SSSR count). The second-order valence-corrected chi connectivity index (χ2v) is 7.62. The van der Waals surface area contributed by atoms with Gasteiger partial charge in [-0.15, -0.1) is 12.4 Å². The summed E-state index contributed by atoms with van der Waals surface area (Å²) in [5, 5.41) is 0. The van der Waals surface area contributed by atoms with Gasteiger partial charge in [0, 0.05) is 31.9 Å². The van der Waals surface area contributed by atoms with Crippen LogP contribution in [0.4, 0.5) is 10.1 Å². The zero-order valence-corrected chi connectivity index (χ0v) is 17.2. The molecule has 5 heteroatoms. The number of ether oxygens (including phenoxy) is 1. The van der Waals surface area contributed by atoms with E-state index < -0.39 is 0 Å². The fourth-order valence-corrected chi connectivity index (χ4v) is 4.17. The van der Waals surface area contributed by atoms with Gasteiger partial charge in [-0.05, 0) is 74.0 Å². The van der Waals surface area contributed by atoms with Crippen molar-refractivity contribution in [2.45, 2.75) is 32.1 Å². The van der Waals surface area contributed by atoms with Gasteiger partial charge in [0.1, 0.15) is 0 Å². The smallest absolute Gasteiger partial charge is 0.165 e. The van der Waals surface area contributed by atoms with Crippen molar-refractivity contribution in [3.8, 4) is 5.75 Å². The molecule has 0 aromatic heterocycles. The zero-order chi connectivity index (χ0) is 18.5. The molecule has 2 aromatic rings. The molecule has 1 aliphatic carbocycles. The average molecular weight is 405 g/mol. The van der Waals surface area contributed by atoms with Crippen LogP contribution in [-0.4, -0.2) is 44.2 Å². The van der Waals surface area contributed by atoms with Gasteiger partial charge in [0.2, 0.25) is 0 Å². The van der Waals surface area contributed by atoms with Gasteiger partial charge < -0.3 is 9.64 Å². The Morgan fingerprint density at radius 1 is 0.893 bits per heavy atom. The van der Waals surface area contributed by atoms with Crippen molar-refractivity contribution in [1.29, 1.82) is 0 Å². The van der Waals surface area contributed by atoms with Gasteiger partial charge in [-0.3, -0.25) is 4.90 Å². The number of nitrogens with zero attached hydrogens (tertiary/aromatic N) is 2. The maximum atomic E-state index is 14.1. The highest BCUT2D eigenvalue weighted by Crippen LogP contribution is 2.29. The fourth-order valence-electron chi connectivity index (χ4n) is 4.17. The maximum Gasteiger partial charge on any atom is 0.165 e. The van der Waals surface area contributed by atoms with Crippen LogP contribution in [0, 0.1) is 5.82 Å². The van der Waals surface area contributed by atoms with Crippen LogP contribution in [0.5, 0.6) is 5.75 Å². The first-order chi connectivity index (χ1) is 13.3. The lowest BCUT2D eigenvalue weighted by Gasteiger charge is -2.36. The molecule has 0 spiro atoms. The molecule has 28 heavy (non-hydrogen) atoms. The number of halogens is 2. The molecule has 0 amide bonds. The largest absolute Gasteiger partial charge is 0.491 e. The SMILES string of the molecule is Cl.Fc1cc2c(cc1OCCCCN1CCN(c3ccccc3)CC1)CCC2. The topological polar surface area (TPSA) is 15.7 Å². The Morgan fingerprint density at radius 2 is 1.61 bits per heavy atom. The Morgan fingerprint density at radius 3 is 2.36 bits per heavy atom. The van der Waals surface area contributed by atoms with Crippen LogP contribution in [0.2, 0.25) is 0 Å². The van der Waals surface area contributed by atoms with Crippen molar-refractivity contribution in [3.05, 3.63) is 59.4 Å². The summed E-state index contributed by atoms with van der Waals surface area (Å²) < 4.78 is 19.8. The van der Waals surface area contributed by atoms with Crippen molar-refractivity contribution in [2.75, 3.05) is 44.2 Å². The van der Waals surface area contributed by atoms with Crippen molar-refractivity contribution < 1.29 is 9.13 Å². The molecule has 2 aromatic carbocycles. The number of fused-ring (bicyclic) bond motifs is 1.